The minimum Gasteiger partial charge on any atom is -0.489 e. The van der Waals surface area contributed by atoms with Crippen LogP contribution in [0.25, 0.3) is 0 Å². The number of ether oxygens (including phenoxy) is 1. The van der Waals surface area contributed by atoms with Gasteiger partial charge >= 0.3 is 0 Å². The molecule has 3 aromatic carbocycles. The van der Waals surface area contributed by atoms with Gasteiger partial charge in [-0.05, 0) is 45.8 Å². The Labute approximate surface area is 178 Å². The number of aromatic nitrogens is 4. The van der Waals surface area contributed by atoms with Crippen LogP contribution in [0, 0.1) is 5.82 Å². The van der Waals surface area contributed by atoms with Crippen LogP contribution in [0.5, 0.6) is 5.75 Å². The second-order valence-corrected chi connectivity index (χ2v) is 6.93. The molecule has 1 N–H and O–H groups in total. The van der Waals surface area contributed by atoms with Crippen molar-refractivity contribution in [1.82, 2.24) is 20.2 Å². The molecule has 7 nitrogen and oxygen atoms in total. The van der Waals surface area contributed by atoms with Crippen LogP contribution >= 0.6 is 0 Å². The zero-order valence-corrected chi connectivity index (χ0v) is 16.6. The van der Waals surface area contributed by atoms with E-state index >= 15 is 0 Å². The lowest BCUT2D eigenvalue weighted by Gasteiger charge is -2.17. The molecule has 1 heterocycles. The minimum absolute atomic E-state index is 0.219. The van der Waals surface area contributed by atoms with Crippen LogP contribution in [0.1, 0.15) is 17.2 Å². The number of tetrazole rings is 1. The number of halogens is 1. The van der Waals surface area contributed by atoms with Gasteiger partial charge in [0.05, 0.1) is 0 Å². The summed E-state index contributed by atoms with van der Waals surface area (Å²) in [6, 6.07) is 22.3. The van der Waals surface area contributed by atoms with Gasteiger partial charge in [-0.15, -0.1) is 5.10 Å². The quantitative estimate of drug-likeness (QED) is 0.471. The number of anilines is 1. The summed E-state index contributed by atoms with van der Waals surface area (Å²) in [7, 11) is 0. The average molecular weight is 417 g/mol. The molecule has 156 valence electrons. The van der Waals surface area contributed by atoms with E-state index in [1.54, 1.807) is 36.4 Å². The predicted molar refractivity (Wildman–Crippen MR) is 113 cm³/mol. The number of benzene rings is 3. The molecule has 0 saturated carbocycles. The fourth-order valence-electron chi connectivity index (χ4n) is 3.14. The lowest BCUT2D eigenvalue weighted by Crippen LogP contribution is -2.28. The highest BCUT2D eigenvalue weighted by atomic mass is 19.1. The first-order valence-corrected chi connectivity index (χ1v) is 9.72. The molecule has 0 bridgehead atoms. The number of hydrogen-bond acceptors (Lipinski definition) is 5. The zero-order valence-electron chi connectivity index (χ0n) is 16.6. The van der Waals surface area contributed by atoms with Crippen molar-refractivity contribution in [1.29, 1.82) is 0 Å². The molecule has 1 amide bonds. The zero-order chi connectivity index (χ0) is 21.5. The molecular formula is C23H20FN5O2. The highest BCUT2D eigenvalue weighted by molar-refractivity contribution is 5.94. The predicted octanol–water partition coefficient (Wildman–Crippen LogP) is 3.81. The standard InChI is InChI=1S/C23H20FN5O2/c24-19-9-4-8-18(12-19)15-31-21-11-5-10-20(14-21)26-23(30)22(29-16-25-27-28-29)13-17-6-2-1-3-7-17/h1-12,14,16,22H,13,15H2,(H,26,30). The molecule has 0 radical (unpaired) electrons. The first-order chi connectivity index (χ1) is 15.2. The van der Waals surface area contributed by atoms with Crippen LogP contribution in [0.3, 0.4) is 0 Å². The summed E-state index contributed by atoms with van der Waals surface area (Å²) in [4.78, 5) is 13.0. The summed E-state index contributed by atoms with van der Waals surface area (Å²) in [6.45, 7) is 0.219. The summed E-state index contributed by atoms with van der Waals surface area (Å²) >= 11 is 0. The van der Waals surface area contributed by atoms with Crippen molar-refractivity contribution in [2.24, 2.45) is 0 Å². The third kappa shape index (κ3) is 5.51. The maximum Gasteiger partial charge on any atom is 0.249 e. The van der Waals surface area contributed by atoms with Crippen LogP contribution in [-0.2, 0) is 17.8 Å². The van der Waals surface area contributed by atoms with Crippen molar-refractivity contribution in [2.75, 3.05) is 5.32 Å². The summed E-state index contributed by atoms with van der Waals surface area (Å²) < 4.78 is 20.5. The molecule has 4 rings (SSSR count). The van der Waals surface area contributed by atoms with Crippen LogP contribution in [-0.4, -0.2) is 26.1 Å². The smallest absolute Gasteiger partial charge is 0.249 e. The molecule has 1 unspecified atom stereocenters. The van der Waals surface area contributed by atoms with Gasteiger partial charge in [-0.25, -0.2) is 9.07 Å². The van der Waals surface area contributed by atoms with E-state index in [-0.39, 0.29) is 18.3 Å². The summed E-state index contributed by atoms with van der Waals surface area (Å²) in [5, 5.41) is 14.1. The Hall–Kier alpha value is -4.07. The van der Waals surface area contributed by atoms with Crippen LogP contribution in [0.4, 0.5) is 10.1 Å². The Morgan fingerprint density at radius 1 is 1.00 bits per heavy atom. The van der Waals surface area contributed by atoms with E-state index in [2.05, 4.69) is 20.8 Å². The first kappa shape index (κ1) is 20.2. The Kier molecular flexibility index (Phi) is 6.27. The number of nitrogens with zero attached hydrogens (tertiary/aromatic N) is 4. The van der Waals surface area contributed by atoms with Gasteiger partial charge in [0.15, 0.2) is 0 Å². The number of amides is 1. The van der Waals surface area contributed by atoms with Crippen molar-refractivity contribution in [3.8, 4) is 5.75 Å². The molecule has 1 aromatic heterocycles. The van der Waals surface area contributed by atoms with Gasteiger partial charge < -0.3 is 10.1 Å². The highest BCUT2D eigenvalue weighted by Crippen LogP contribution is 2.21. The number of carbonyl (C=O) groups excluding carboxylic acids is 1. The maximum atomic E-state index is 13.3. The second kappa shape index (κ2) is 9.62. The third-order valence-corrected chi connectivity index (χ3v) is 4.65. The average Bonchev–Trinajstić information content (AvgIpc) is 3.32. The van der Waals surface area contributed by atoms with Gasteiger partial charge in [-0.3, -0.25) is 4.79 Å². The second-order valence-electron chi connectivity index (χ2n) is 6.93. The van der Waals surface area contributed by atoms with Crippen LogP contribution in [0.15, 0.2) is 85.2 Å². The molecule has 31 heavy (non-hydrogen) atoms. The maximum absolute atomic E-state index is 13.3. The van der Waals surface area contributed by atoms with Gasteiger partial charge in [0.2, 0.25) is 5.91 Å². The molecule has 0 aliphatic carbocycles. The van der Waals surface area contributed by atoms with Gasteiger partial charge in [0, 0.05) is 18.2 Å². The monoisotopic (exact) mass is 417 g/mol. The van der Waals surface area contributed by atoms with Gasteiger partial charge in [0.25, 0.3) is 0 Å². The van der Waals surface area contributed by atoms with Crippen LogP contribution < -0.4 is 10.1 Å². The van der Waals surface area contributed by atoms with Gasteiger partial charge in [-0.1, -0.05) is 48.5 Å². The normalized spacial score (nSPS) is 11.6. The summed E-state index contributed by atoms with van der Waals surface area (Å²) in [6.07, 6.45) is 1.86. The largest absolute Gasteiger partial charge is 0.489 e. The molecule has 4 aromatic rings. The summed E-state index contributed by atoms with van der Waals surface area (Å²) in [5.41, 5.74) is 2.29. The van der Waals surface area contributed by atoms with E-state index in [9.17, 15) is 9.18 Å². The van der Waals surface area contributed by atoms with Crippen molar-refractivity contribution in [3.05, 3.63) is 102 Å². The van der Waals surface area contributed by atoms with E-state index in [1.807, 2.05) is 30.3 Å². The lowest BCUT2D eigenvalue weighted by molar-refractivity contribution is -0.119. The molecule has 0 aliphatic rings. The Morgan fingerprint density at radius 2 is 1.81 bits per heavy atom. The molecule has 0 fully saturated rings. The van der Waals surface area contributed by atoms with Crippen molar-refractivity contribution < 1.29 is 13.9 Å². The number of rotatable bonds is 8. The fourth-order valence-corrected chi connectivity index (χ4v) is 3.14. The highest BCUT2D eigenvalue weighted by Gasteiger charge is 2.22. The number of nitrogens with one attached hydrogen (secondary N) is 1. The Bertz CT molecular complexity index is 1140. The fraction of sp³-hybridized carbons (Fsp3) is 0.130. The molecule has 0 saturated heterocycles. The van der Waals surface area contributed by atoms with Crippen molar-refractivity contribution in [3.63, 3.8) is 0 Å². The van der Waals surface area contributed by atoms with E-state index in [0.29, 0.717) is 17.9 Å². The van der Waals surface area contributed by atoms with Gasteiger partial charge in [0.1, 0.15) is 30.5 Å². The molecule has 8 heteroatoms. The van der Waals surface area contributed by atoms with E-state index in [1.165, 1.54) is 23.1 Å². The van der Waals surface area contributed by atoms with Crippen molar-refractivity contribution in [2.45, 2.75) is 19.1 Å². The van der Waals surface area contributed by atoms with E-state index in [0.717, 1.165) is 11.1 Å². The van der Waals surface area contributed by atoms with Crippen molar-refractivity contribution >= 4 is 11.6 Å². The first-order valence-electron chi connectivity index (χ1n) is 9.72. The SMILES string of the molecule is O=C(Nc1cccc(OCc2cccc(F)c2)c1)C(Cc1ccccc1)n1cnnn1. The Balaban J connectivity index is 1.45. The molecular weight excluding hydrogens is 397 g/mol. The minimum atomic E-state index is -0.616. The lowest BCUT2D eigenvalue weighted by atomic mass is 10.1. The molecule has 1 atom stereocenters. The number of hydrogen-bond donors (Lipinski definition) is 1. The number of carbonyl (C=O) groups is 1. The summed E-state index contributed by atoms with van der Waals surface area (Å²) in [5.74, 6) is -0.00306. The topological polar surface area (TPSA) is 81.9 Å². The third-order valence-electron chi connectivity index (χ3n) is 4.65. The molecule has 0 aliphatic heterocycles. The Morgan fingerprint density at radius 3 is 2.58 bits per heavy atom. The molecule has 0 spiro atoms. The van der Waals surface area contributed by atoms with Crippen LogP contribution in [0.2, 0.25) is 0 Å². The van der Waals surface area contributed by atoms with E-state index < -0.39 is 6.04 Å². The van der Waals surface area contributed by atoms with E-state index in [4.69, 9.17) is 4.74 Å². The van der Waals surface area contributed by atoms with Gasteiger partial charge in [-0.2, -0.15) is 0 Å².